The highest BCUT2D eigenvalue weighted by atomic mass is 79.9. The van der Waals surface area contributed by atoms with Crippen molar-refractivity contribution in [1.82, 2.24) is 5.32 Å². The molecule has 2 amide bonds. The topological polar surface area (TPSA) is 59.6 Å². The summed E-state index contributed by atoms with van der Waals surface area (Å²) in [4.78, 5) is 11.9. The van der Waals surface area contributed by atoms with Crippen molar-refractivity contribution in [3.05, 3.63) is 22.7 Å². The van der Waals surface area contributed by atoms with E-state index in [1.54, 1.807) is 25.3 Å². The van der Waals surface area contributed by atoms with E-state index in [2.05, 4.69) is 26.6 Å². The summed E-state index contributed by atoms with van der Waals surface area (Å²) in [7, 11) is 1.60. The van der Waals surface area contributed by atoms with Crippen LogP contribution in [-0.4, -0.2) is 31.9 Å². The first-order valence-electron chi connectivity index (χ1n) is 6.63. The molecule has 1 aliphatic rings. The molecule has 5 nitrogen and oxygen atoms in total. The Morgan fingerprint density at radius 2 is 2.35 bits per heavy atom. The van der Waals surface area contributed by atoms with Crippen LogP contribution in [0.25, 0.3) is 0 Å². The predicted octanol–water partition coefficient (Wildman–Crippen LogP) is 3.15. The fourth-order valence-corrected chi connectivity index (χ4v) is 2.75. The molecule has 2 N–H and O–H groups in total. The molecule has 1 saturated heterocycles. The van der Waals surface area contributed by atoms with Crippen molar-refractivity contribution < 1.29 is 14.3 Å². The van der Waals surface area contributed by atoms with Gasteiger partial charge in [0.2, 0.25) is 0 Å². The summed E-state index contributed by atoms with van der Waals surface area (Å²) < 4.78 is 11.5. The zero-order chi connectivity index (χ0) is 14.5. The summed E-state index contributed by atoms with van der Waals surface area (Å²) in [6.07, 6.45) is 2.17. The maximum absolute atomic E-state index is 11.9. The van der Waals surface area contributed by atoms with Gasteiger partial charge in [-0.05, 0) is 53.9 Å². The van der Waals surface area contributed by atoms with Crippen molar-refractivity contribution in [3.8, 4) is 5.75 Å². The van der Waals surface area contributed by atoms with Crippen molar-refractivity contribution in [2.24, 2.45) is 0 Å². The van der Waals surface area contributed by atoms with E-state index in [-0.39, 0.29) is 18.2 Å². The molecular formula is C14H19BrN2O3. The van der Waals surface area contributed by atoms with E-state index in [1.165, 1.54) is 0 Å². The Morgan fingerprint density at radius 3 is 2.95 bits per heavy atom. The lowest BCUT2D eigenvalue weighted by molar-refractivity contribution is 0.0868. The van der Waals surface area contributed by atoms with Gasteiger partial charge in [0, 0.05) is 12.3 Å². The van der Waals surface area contributed by atoms with Crippen LogP contribution in [-0.2, 0) is 4.74 Å². The molecule has 1 fully saturated rings. The van der Waals surface area contributed by atoms with E-state index in [4.69, 9.17) is 9.47 Å². The molecule has 1 heterocycles. The fourth-order valence-electron chi connectivity index (χ4n) is 2.21. The first-order valence-corrected chi connectivity index (χ1v) is 7.42. The Morgan fingerprint density at radius 1 is 1.55 bits per heavy atom. The van der Waals surface area contributed by atoms with Crippen LogP contribution in [0.4, 0.5) is 10.5 Å². The highest BCUT2D eigenvalue weighted by molar-refractivity contribution is 9.10. The molecule has 2 rings (SSSR count). The smallest absolute Gasteiger partial charge is 0.319 e. The SMILES string of the molecule is COc1ccc(NC(=O)N[C@@H](C)[C@H]2CCCO2)cc1Br. The Hall–Kier alpha value is -1.27. The lowest BCUT2D eigenvalue weighted by atomic mass is 10.1. The van der Waals surface area contributed by atoms with E-state index in [1.807, 2.05) is 6.92 Å². The number of anilines is 1. The van der Waals surface area contributed by atoms with Gasteiger partial charge in [-0.3, -0.25) is 0 Å². The standard InChI is InChI=1S/C14H19BrN2O3/c1-9(12-4-3-7-20-12)16-14(18)17-10-5-6-13(19-2)11(15)8-10/h5-6,8-9,12H,3-4,7H2,1-2H3,(H2,16,17,18)/t9-,12+/m0/s1. The lowest BCUT2D eigenvalue weighted by Crippen LogP contribution is -2.42. The molecule has 0 spiro atoms. The van der Waals surface area contributed by atoms with Crippen LogP contribution in [0, 0.1) is 0 Å². The van der Waals surface area contributed by atoms with Crippen LogP contribution in [0.3, 0.4) is 0 Å². The van der Waals surface area contributed by atoms with Crippen LogP contribution in [0.5, 0.6) is 5.75 Å². The van der Waals surface area contributed by atoms with Gasteiger partial charge in [0.25, 0.3) is 0 Å². The molecule has 0 unspecified atom stereocenters. The average Bonchev–Trinajstić information content (AvgIpc) is 2.92. The minimum Gasteiger partial charge on any atom is -0.496 e. The normalized spacial score (nSPS) is 19.4. The summed E-state index contributed by atoms with van der Waals surface area (Å²) >= 11 is 3.39. The van der Waals surface area contributed by atoms with Gasteiger partial charge in [0.15, 0.2) is 0 Å². The number of halogens is 1. The van der Waals surface area contributed by atoms with E-state index < -0.39 is 0 Å². The van der Waals surface area contributed by atoms with Crippen LogP contribution >= 0.6 is 15.9 Å². The number of hydrogen-bond donors (Lipinski definition) is 2. The van der Waals surface area contributed by atoms with Crippen molar-refractivity contribution in [2.75, 3.05) is 19.0 Å². The van der Waals surface area contributed by atoms with Gasteiger partial charge in [0.1, 0.15) is 5.75 Å². The Bertz CT molecular complexity index is 475. The van der Waals surface area contributed by atoms with Gasteiger partial charge in [-0.2, -0.15) is 0 Å². The van der Waals surface area contributed by atoms with Crippen molar-refractivity contribution in [2.45, 2.75) is 31.9 Å². The highest BCUT2D eigenvalue weighted by Gasteiger charge is 2.23. The van der Waals surface area contributed by atoms with Crippen LogP contribution < -0.4 is 15.4 Å². The third kappa shape index (κ3) is 3.86. The minimum absolute atomic E-state index is 0.000751. The molecule has 110 valence electrons. The van der Waals surface area contributed by atoms with Crippen LogP contribution in [0.1, 0.15) is 19.8 Å². The molecule has 0 aromatic heterocycles. The maximum Gasteiger partial charge on any atom is 0.319 e. The minimum atomic E-state index is -0.231. The monoisotopic (exact) mass is 342 g/mol. The molecule has 0 aliphatic carbocycles. The Balaban J connectivity index is 1.89. The second-order valence-corrected chi connectivity index (χ2v) is 5.64. The quantitative estimate of drug-likeness (QED) is 0.883. The van der Waals surface area contributed by atoms with Gasteiger partial charge in [-0.1, -0.05) is 0 Å². The lowest BCUT2D eigenvalue weighted by Gasteiger charge is -2.20. The number of methoxy groups -OCH3 is 1. The van der Waals surface area contributed by atoms with Gasteiger partial charge in [-0.25, -0.2) is 4.79 Å². The number of carbonyl (C=O) groups excluding carboxylic acids is 1. The van der Waals surface area contributed by atoms with Gasteiger partial charge in [0.05, 0.1) is 23.7 Å². The van der Waals surface area contributed by atoms with Crippen molar-refractivity contribution in [1.29, 1.82) is 0 Å². The van der Waals surface area contributed by atoms with Gasteiger partial charge in [-0.15, -0.1) is 0 Å². The molecule has 0 saturated carbocycles. The number of benzene rings is 1. The van der Waals surface area contributed by atoms with E-state index >= 15 is 0 Å². The number of rotatable bonds is 4. The maximum atomic E-state index is 11.9. The molecular weight excluding hydrogens is 324 g/mol. The molecule has 1 aliphatic heterocycles. The number of amides is 2. The fraction of sp³-hybridized carbons (Fsp3) is 0.500. The van der Waals surface area contributed by atoms with Crippen molar-refractivity contribution in [3.63, 3.8) is 0 Å². The highest BCUT2D eigenvalue weighted by Crippen LogP contribution is 2.27. The summed E-state index contributed by atoms with van der Waals surface area (Å²) in [5.74, 6) is 0.726. The largest absolute Gasteiger partial charge is 0.496 e. The van der Waals surface area contributed by atoms with E-state index in [0.717, 1.165) is 29.7 Å². The number of nitrogens with one attached hydrogen (secondary N) is 2. The number of urea groups is 1. The zero-order valence-corrected chi connectivity index (χ0v) is 13.2. The van der Waals surface area contributed by atoms with Crippen molar-refractivity contribution >= 4 is 27.6 Å². The molecule has 6 heteroatoms. The van der Waals surface area contributed by atoms with E-state index in [9.17, 15) is 4.79 Å². The molecule has 1 aromatic carbocycles. The molecule has 0 bridgehead atoms. The number of ether oxygens (including phenoxy) is 2. The molecule has 1 aromatic rings. The predicted molar refractivity (Wildman–Crippen MR) is 81.3 cm³/mol. The first-order chi connectivity index (χ1) is 9.60. The van der Waals surface area contributed by atoms with Crippen LogP contribution in [0.2, 0.25) is 0 Å². The second-order valence-electron chi connectivity index (χ2n) is 4.79. The third-order valence-corrected chi connectivity index (χ3v) is 3.91. The Kier molecular flexibility index (Phi) is 5.25. The number of hydrogen-bond acceptors (Lipinski definition) is 3. The zero-order valence-electron chi connectivity index (χ0n) is 11.6. The Labute approximate surface area is 127 Å². The van der Waals surface area contributed by atoms with Gasteiger partial charge >= 0.3 is 6.03 Å². The molecule has 20 heavy (non-hydrogen) atoms. The van der Waals surface area contributed by atoms with Gasteiger partial charge < -0.3 is 20.1 Å². The molecule has 2 atom stereocenters. The summed E-state index contributed by atoms with van der Waals surface area (Å²) in [6, 6.07) is 5.15. The first kappa shape index (κ1) is 15.1. The van der Waals surface area contributed by atoms with Crippen LogP contribution in [0.15, 0.2) is 22.7 Å². The summed E-state index contributed by atoms with van der Waals surface area (Å²) in [6.45, 7) is 2.74. The molecule has 0 radical (unpaired) electrons. The summed E-state index contributed by atoms with van der Waals surface area (Å²) in [5.41, 5.74) is 0.703. The second kappa shape index (κ2) is 6.95. The third-order valence-electron chi connectivity index (χ3n) is 3.29. The number of carbonyl (C=O) groups is 1. The van der Waals surface area contributed by atoms with E-state index in [0.29, 0.717) is 5.69 Å². The summed E-state index contributed by atoms with van der Waals surface area (Å²) in [5, 5.41) is 5.69. The average molecular weight is 343 g/mol.